The van der Waals surface area contributed by atoms with Crippen LogP contribution in [0.25, 0.3) is 0 Å². The van der Waals surface area contributed by atoms with E-state index in [9.17, 15) is 9.59 Å². The van der Waals surface area contributed by atoms with Crippen LogP contribution in [0.15, 0.2) is 18.2 Å². The predicted octanol–water partition coefficient (Wildman–Crippen LogP) is 6.25. The zero-order chi connectivity index (χ0) is 19.9. The monoisotopic (exact) mass is 376 g/mol. The fourth-order valence-electron chi connectivity index (χ4n) is 2.90. The number of ether oxygens (including phenoxy) is 2. The van der Waals surface area contributed by atoms with Gasteiger partial charge in [-0.15, -0.1) is 0 Å². The Morgan fingerprint density at radius 3 is 1.70 bits per heavy atom. The summed E-state index contributed by atoms with van der Waals surface area (Å²) in [6.07, 6.45) is 10.9. The molecule has 0 aliphatic rings. The van der Waals surface area contributed by atoms with Crippen LogP contribution >= 0.6 is 0 Å². The Balaban J connectivity index is 2.52. The Hall–Kier alpha value is -1.84. The van der Waals surface area contributed by atoms with Crippen molar-refractivity contribution in [1.82, 2.24) is 0 Å². The predicted molar refractivity (Wildman–Crippen MR) is 109 cm³/mol. The Labute approximate surface area is 164 Å². The number of carbonyl (C=O) groups is 2. The molecule has 0 saturated carbocycles. The lowest BCUT2D eigenvalue weighted by Crippen LogP contribution is -2.15. The SMILES string of the molecule is CCCCCCCOC(=O)c1ccc(C)cc1C(=O)OCCCCCCC. The number of unbranched alkanes of at least 4 members (excludes halogenated alkanes) is 8. The van der Waals surface area contributed by atoms with Crippen LogP contribution in [0.2, 0.25) is 0 Å². The molecule has 0 N–H and O–H groups in total. The normalized spacial score (nSPS) is 10.6. The third kappa shape index (κ3) is 9.60. The van der Waals surface area contributed by atoms with Crippen LogP contribution in [0.1, 0.15) is 104 Å². The molecular weight excluding hydrogens is 340 g/mol. The molecular formula is C23H36O4. The zero-order valence-electron chi connectivity index (χ0n) is 17.4. The first-order chi connectivity index (χ1) is 13.1. The summed E-state index contributed by atoms with van der Waals surface area (Å²) < 4.78 is 10.7. The van der Waals surface area contributed by atoms with Crippen molar-refractivity contribution in [3.05, 3.63) is 34.9 Å². The van der Waals surface area contributed by atoms with Gasteiger partial charge in [-0.1, -0.05) is 76.8 Å². The molecule has 27 heavy (non-hydrogen) atoms. The van der Waals surface area contributed by atoms with Crippen LogP contribution in [0, 0.1) is 6.92 Å². The fourth-order valence-corrected chi connectivity index (χ4v) is 2.90. The van der Waals surface area contributed by atoms with Crippen LogP contribution in [0.3, 0.4) is 0 Å². The molecule has 0 radical (unpaired) electrons. The lowest BCUT2D eigenvalue weighted by molar-refractivity contribution is 0.0450. The molecule has 1 rings (SSSR count). The molecule has 4 nitrogen and oxygen atoms in total. The highest BCUT2D eigenvalue weighted by atomic mass is 16.5. The summed E-state index contributed by atoms with van der Waals surface area (Å²) in [5, 5.41) is 0. The lowest BCUT2D eigenvalue weighted by atomic mass is 10.0. The van der Waals surface area contributed by atoms with E-state index in [0.29, 0.717) is 24.3 Å². The molecule has 0 unspecified atom stereocenters. The van der Waals surface area contributed by atoms with E-state index in [4.69, 9.17) is 9.47 Å². The van der Waals surface area contributed by atoms with Crippen molar-refractivity contribution < 1.29 is 19.1 Å². The number of hydrogen-bond donors (Lipinski definition) is 0. The average molecular weight is 377 g/mol. The average Bonchev–Trinajstić information content (AvgIpc) is 2.66. The maximum absolute atomic E-state index is 12.4. The summed E-state index contributed by atoms with van der Waals surface area (Å²) in [7, 11) is 0. The van der Waals surface area contributed by atoms with E-state index < -0.39 is 11.9 Å². The highest BCUT2D eigenvalue weighted by Gasteiger charge is 2.19. The van der Waals surface area contributed by atoms with Gasteiger partial charge in [0.05, 0.1) is 24.3 Å². The van der Waals surface area contributed by atoms with E-state index in [1.54, 1.807) is 12.1 Å². The Bertz CT molecular complexity index is 565. The number of esters is 2. The Morgan fingerprint density at radius 2 is 1.19 bits per heavy atom. The molecule has 0 bridgehead atoms. The summed E-state index contributed by atoms with van der Waals surface area (Å²) in [4.78, 5) is 24.8. The molecule has 0 saturated heterocycles. The van der Waals surface area contributed by atoms with Crippen molar-refractivity contribution in [2.24, 2.45) is 0 Å². The molecule has 0 aliphatic heterocycles. The highest BCUT2D eigenvalue weighted by Crippen LogP contribution is 2.16. The van der Waals surface area contributed by atoms with Crippen LogP contribution in [0.4, 0.5) is 0 Å². The molecule has 0 heterocycles. The van der Waals surface area contributed by atoms with Crippen molar-refractivity contribution in [2.45, 2.75) is 85.0 Å². The van der Waals surface area contributed by atoms with Crippen molar-refractivity contribution >= 4 is 11.9 Å². The second-order valence-corrected chi connectivity index (χ2v) is 7.15. The number of rotatable bonds is 14. The van der Waals surface area contributed by atoms with E-state index >= 15 is 0 Å². The molecule has 0 amide bonds. The second kappa shape index (κ2) is 14.2. The molecule has 0 aliphatic carbocycles. The maximum Gasteiger partial charge on any atom is 0.339 e. The van der Waals surface area contributed by atoms with Gasteiger partial charge >= 0.3 is 11.9 Å². The molecule has 1 aromatic carbocycles. The summed E-state index contributed by atoms with van der Waals surface area (Å²) in [5.74, 6) is -0.885. The topological polar surface area (TPSA) is 52.6 Å². The van der Waals surface area contributed by atoms with E-state index in [-0.39, 0.29) is 0 Å². The smallest absolute Gasteiger partial charge is 0.339 e. The van der Waals surface area contributed by atoms with Crippen molar-refractivity contribution in [3.8, 4) is 0 Å². The van der Waals surface area contributed by atoms with Gasteiger partial charge < -0.3 is 9.47 Å². The standard InChI is InChI=1S/C23H36O4/c1-4-6-8-10-12-16-26-22(24)20-15-14-19(3)18-21(20)23(25)27-17-13-11-9-7-5-2/h14-15,18H,4-13,16-17H2,1-3H3. The molecule has 0 atom stereocenters. The third-order valence-corrected chi connectivity index (χ3v) is 4.58. The first kappa shape index (κ1) is 23.2. The van der Waals surface area contributed by atoms with E-state index in [1.165, 1.54) is 25.7 Å². The molecule has 0 aromatic heterocycles. The number of carbonyl (C=O) groups excluding carboxylic acids is 2. The van der Waals surface area contributed by atoms with Crippen molar-refractivity contribution in [3.63, 3.8) is 0 Å². The summed E-state index contributed by atoms with van der Waals surface area (Å²) in [5.41, 5.74) is 1.52. The Morgan fingerprint density at radius 1 is 0.704 bits per heavy atom. The van der Waals surface area contributed by atoms with Gasteiger partial charge in [0.25, 0.3) is 0 Å². The Kier molecular flexibility index (Phi) is 12.2. The highest BCUT2D eigenvalue weighted by molar-refractivity contribution is 6.03. The van der Waals surface area contributed by atoms with Gasteiger partial charge in [-0.05, 0) is 31.9 Å². The number of aryl methyl sites for hydroxylation is 1. The minimum Gasteiger partial charge on any atom is -0.462 e. The van der Waals surface area contributed by atoms with Crippen LogP contribution < -0.4 is 0 Å². The van der Waals surface area contributed by atoms with E-state index in [0.717, 1.165) is 44.1 Å². The minimum absolute atomic E-state index is 0.296. The van der Waals surface area contributed by atoms with E-state index in [1.807, 2.05) is 13.0 Å². The van der Waals surface area contributed by atoms with Crippen LogP contribution in [-0.4, -0.2) is 25.2 Å². The van der Waals surface area contributed by atoms with Gasteiger partial charge in [-0.2, -0.15) is 0 Å². The maximum atomic E-state index is 12.4. The first-order valence-electron chi connectivity index (χ1n) is 10.5. The molecule has 0 fully saturated rings. The quantitative estimate of drug-likeness (QED) is 0.284. The molecule has 1 aromatic rings. The fraction of sp³-hybridized carbons (Fsp3) is 0.652. The largest absolute Gasteiger partial charge is 0.462 e. The van der Waals surface area contributed by atoms with Crippen molar-refractivity contribution in [2.75, 3.05) is 13.2 Å². The van der Waals surface area contributed by atoms with Gasteiger partial charge in [-0.25, -0.2) is 9.59 Å². The molecule has 152 valence electrons. The summed E-state index contributed by atoms with van der Waals surface area (Å²) in [6, 6.07) is 5.18. The lowest BCUT2D eigenvalue weighted by Gasteiger charge is -2.11. The van der Waals surface area contributed by atoms with E-state index in [2.05, 4.69) is 13.8 Å². The number of benzene rings is 1. The van der Waals surface area contributed by atoms with Gasteiger partial charge in [0, 0.05) is 0 Å². The van der Waals surface area contributed by atoms with Gasteiger partial charge in [0.15, 0.2) is 0 Å². The van der Waals surface area contributed by atoms with Crippen molar-refractivity contribution in [1.29, 1.82) is 0 Å². The first-order valence-corrected chi connectivity index (χ1v) is 10.5. The summed E-state index contributed by atoms with van der Waals surface area (Å²) >= 11 is 0. The second-order valence-electron chi connectivity index (χ2n) is 7.15. The third-order valence-electron chi connectivity index (χ3n) is 4.58. The minimum atomic E-state index is -0.444. The van der Waals surface area contributed by atoms with Gasteiger partial charge in [-0.3, -0.25) is 0 Å². The van der Waals surface area contributed by atoms with Crippen LogP contribution in [-0.2, 0) is 9.47 Å². The number of hydrogen-bond acceptors (Lipinski definition) is 4. The van der Waals surface area contributed by atoms with Gasteiger partial charge in [0.2, 0.25) is 0 Å². The van der Waals surface area contributed by atoms with Gasteiger partial charge in [0.1, 0.15) is 0 Å². The zero-order valence-corrected chi connectivity index (χ0v) is 17.4. The van der Waals surface area contributed by atoms with Crippen LogP contribution in [0.5, 0.6) is 0 Å². The molecule has 4 heteroatoms. The summed E-state index contributed by atoms with van der Waals surface area (Å²) in [6.45, 7) is 7.02. The molecule has 0 spiro atoms.